The van der Waals surface area contributed by atoms with Crippen molar-refractivity contribution in [3.63, 3.8) is 0 Å². The lowest BCUT2D eigenvalue weighted by atomic mass is 9.55. The third-order valence-corrected chi connectivity index (χ3v) is 15.6. The molecule has 17 unspecified atom stereocenters. The van der Waals surface area contributed by atoms with Crippen LogP contribution >= 0.6 is 0 Å². The summed E-state index contributed by atoms with van der Waals surface area (Å²) in [6, 6.07) is 0. The largest absolute Gasteiger partial charge is 0.456 e. The van der Waals surface area contributed by atoms with Gasteiger partial charge in [0.15, 0.2) is 0 Å². The number of ether oxygens (including phenoxy) is 3. The van der Waals surface area contributed by atoms with Gasteiger partial charge < -0.3 is 46.5 Å². The molecule has 0 aromatic rings. The van der Waals surface area contributed by atoms with E-state index in [9.17, 15) is 19.8 Å². The molecule has 2 bridgehead atoms. The van der Waals surface area contributed by atoms with Crippen LogP contribution in [0.5, 0.6) is 0 Å². The number of fused-ring (bicyclic) bond motifs is 7. The topological polar surface area (TPSA) is 178 Å². The van der Waals surface area contributed by atoms with E-state index in [1.807, 2.05) is 6.92 Å². The molecule has 1 saturated carbocycles. The van der Waals surface area contributed by atoms with Crippen LogP contribution in [-0.2, 0) is 23.8 Å². The fourth-order valence-corrected chi connectivity index (χ4v) is 13.0. The van der Waals surface area contributed by atoms with Gasteiger partial charge in [-0.2, -0.15) is 0 Å². The number of aliphatic hydroxyl groups excluding tert-OH is 2. The minimum Gasteiger partial charge on any atom is -0.456 e. The molecule has 0 spiro atoms. The Balaban J connectivity index is 1.34. The highest BCUT2D eigenvalue weighted by Crippen LogP contribution is 2.62. The van der Waals surface area contributed by atoms with E-state index in [0.717, 1.165) is 70.9 Å². The fourth-order valence-electron chi connectivity index (χ4n) is 13.0. The highest BCUT2D eigenvalue weighted by Gasteiger charge is 2.66. The summed E-state index contributed by atoms with van der Waals surface area (Å²) in [7, 11) is 0. The van der Waals surface area contributed by atoms with Crippen LogP contribution in [0.2, 0.25) is 0 Å². The van der Waals surface area contributed by atoms with E-state index in [0.29, 0.717) is 23.8 Å². The summed E-state index contributed by atoms with van der Waals surface area (Å²) in [6.07, 6.45) is 9.89. The number of unbranched alkanes of at least 4 members (excludes halogenated alkanes) is 2. The lowest BCUT2D eigenvalue weighted by Gasteiger charge is -2.61. The molecule has 5 heterocycles. The van der Waals surface area contributed by atoms with Gasteiger partial charge in [-0.15, -0.1) is 0 Å². The number of carbonyl (C=O) groups excluding carboxylic acids is 2. The molecule has 8 aliphatic rings. The standard InChI is InChI=1S/C43H66N4O7/c1-5-7-8-9-26-30-19-47-33(44)16-24(30)14-22-10-11-27-34(22)37(26)43(4)32(53-42(51)21(3)6-2)18-28-38(50)36-31(49)17-25(20-48)52-40(36)29(39(28)54-43)15-23-12-13-46-41(45)35(23)27/h6,11,23-26,28-30,32-33,35-41,46-48,50H,5,7-10,12-20,44-45H2,1-4H3. The number of allylic oxidation sites excluding steroid dienone is 3. The zero-order valence-electron chi connectivity index (χ0n) is 32.9. The first-order chi connectivity index (χ1) is 26.0. The second-order valence-corrected chi connectivity index (χ2v) is 18.5. The van der Waals surface area contributed by atoms with Crippen molar-refractivity contribution in [3.8, 4) is 0 Å². The molecule has 0 aromatic carbocycles. The first-order valence-corrected chi connectivity index (χ1v) is 21.4. The summed E-state index contributed by atoms with van der Waals surface area (Å²) in [4.78, 5) is 27.8. The van der Waals surface area contributed by atoms with Crippen LogP contribution in [0.25, 0.3) is 0 Å². The third-order valence-electron chi connectivity index (χ3n) is 15.6. The number of aliphatic hydroxyl groups is 2. The maximum Gasteiger partial charge on any atom is 0.333 e. The summed E-state index contributed by atoms with van der Waals surface area (Å²) >= 11 is 0. The van der Waals surface area contributed by atoms with Gasteiger partial charge in [-0.25, -0.2) is 4.79 Å². The average molecular weight is 751 g/mol. The Hall–Kier alpha value is -1.96. The van der Waals surface area contributed by atoms with E-state index in [4.69, 9.17) is 25.7 Å². The Morgan fingerprint density at radius 3 is 2.65 bits per heavy atom. The summed E-state index contributed by atoms with van der Waals surface area (Å²) in [5.41, 5.74) is 17.6. The molecule has 0 radical (unpaired) electrons. The van der Waals surface area contributed by atoms with Crippen LogP contribution in [0.15, 0.2) is 34.4 Å². The van der Waals surface area contributed by atoms with Crippen molar-refractivity contribution in [1.82, 2.24) is 10.6 Å². The van der Waals surface area contributed by atoms with Crippen molar-refractivity contribution in [2.75, 3.05) is 19.7 Å². The molecule has 6 fully saturated rings. The zero-order chi connectivity index (χ0) is 38.1. The van der Waals surface area contributed by atoms with Crippen LogP contribution in [0.4, 0.5) is 0 Å². The number of rotatable bonds is 7. The van der Waals surface area contributed by atoms with Crippen LogP contribution in [0.3, 0.4) is 0 Å². The van der Waals surface area contributed by atoms with Gasteiger partial charge in [0, 0.05) is 35.7 Å². The lowest BCUT2D eigenvalue weighted by molar-refractivity contribution is -0.298. The molecular formula is C43H66N4O7. The van der Waals surface area contributed by atoms with Crippen molar-refractivity contribution in [2.24, 2.45) is 64.7 Å². The summed E-state index contributed by atoms with van der Waals surface area (Å²) in [5, 5.41) is 29.9. The van der Waals surface area contributed by atoms with Gasteiger partial charge in [-0.05, 0) is 114 Å². The minimum atomic E-state index is -1.02. The van der Waals surface area contributed by atoms with E-state index in [1.165, 1.54) is 16.7 Å². The van der Waals surface area contributed by atoms with Gasteiger partial charge in [0.05, 0.1) is 49.3 Å². The molecule has 3 aliphatic carbocycles. The van der Waals surface area contributed by atoms with E-state index < -0.39 is 48.0 Å². The van der Waals surface area contributed by atoms with Crippen LogP contribution < -0.4 is 22.1 Å². The highest BCUT2D eigenvalue weighted by molar-refractivity contribution is 5.88. The van der Waals surface area contributed by atoms with Crippen molar-refractivity contribution < 1.29 is 34.0 Å². The molecule has 8 rings (SSSR count). The maximum absolute atomic E-state index is 13.9. The molecule has 5 saturated heterocycles. The third kappa shape index (κ3) is 6.50. The van der Waals surface area contributed by atoms with Crippen molar-refractivity contribution in [2.45, 2.75) is 147 Å². The average Bonchev–Trinajstić information content (AvgIpc) is 3.48. The Bertz CT molecular complexity index is 1550. The first kappa shape index (κ1) is 38.9. The van der Waals surface area contributed by atoms with Gasteiger partial charge in [-0.3, -0.25) is 4.79 Å². The molecule has 8 N–H and O–H groups in total. The van der Waals surface area contributed by atoms with Gasteiger partial charge >= 0.3 is 5.97 Å². The van der Waals surface area contributed by atoms with Gasteiger partial charge in [0.1, 0.15) is 17.5 Å². The van der Waals surface area contributed by atoms with E-state index in [-0.39, 0.29) is 66.7 Å². The van der Waals surface area contributed by atoms with Gasteiger partial charge in [0.2, 0.25) is 0 Å². The van der Waals surface area contributed by atoms with Crippen molar-refractivity contribution in [1.29, 1.82) is 0 Å². The number of ketones is 1. The smallest absolute Gasteiger partial charge is 0.333 e. The summed E-state index contributed by atoms with van der Waals surface area (Å²) < 4.78 is 21.1. The number of piperidine rings is 2. The Labute approximate surface area is 321 Å². The Morgan fingerprint density at radius 2 is 1.89 bits per heavy atom. The predicted molar refractivity (Wildman–Crippen MR) is 204 cm³/mol. The Morgan fingerprint density at radius 1 is 1.07 bits per heavy atom. The second kappa shape index (κ2) is 15.4. The minimum absolute atomic E-state index is 0.0379. The number of nitrogens with one attached hydrogen (secondary N) is 2. The lowest BCUT2D eigenvalue weighted by Crippen LogP contribution is -2.70. The van der Waals surface area contributed by atoms with Gasteiger partial charge in [-0.1, -0.05) is 43.9 Å². The van der Waals surface area contributed by atoms with Crippen molar-refractivity contribution in [3.05, 3.63) is 34.4 Å². The van der Waals surface area contributed by atoms with Crippen LogP contribution in [-0.4, -0.2) is 90.1 Å². The number of hydrogen-bond acceptors (Lipinski definition) is 11. The Kier molecular flexibility index (Phi) is 11.1. The molecule has 11 nitrogen and oxygen atoms in total. The van der Waals surface area contributed by atoms with Crippen LogP contribution in [0, 0.1) is 53.3 Å². The monoisotopic (exact) mass is 750 g/mol. The SMILES string of the molecule is CC=C(C)C(=O)OC1CC2C(O)C3C(=O)CC(CO)OC3C3CC4CCNC(N)C4C4=CCC5=C4C(C(CCCCC)C4CNC(N)CC4C5)C1(C)OC23. The van der Waals surface area contributed by atoms with Crippen molar-refractivity contribution >= 4 is 11.8 Å². The number of nitrogens with two attached hydrogens (primary N) is 2. The number of esters is 1. The molecule has 0 aromatic heterocycles. The molecule has 17 atom stereocenters. The molecule has 11 heteroatoms. The number of carbonyl (C=O) groups is 2. The quantitative estimate of drug-likeness (QED) is 0.127. The normalized spacial score (nSPS) is 47.4. The maximum atomic E-state index is 13.9. The number of hydrogen-bond donors (Lipinski definition) is 6. The van der Waals surface area contributed by atoms with Gasteiger partial charge in [0.25, 0.3) is 0 Å². The fraction of sp³-hybridized carbons (Fsp3) is 0.814. The molecule has 54 heavy (non-hydrogen) atoms. The van der Waals surface area contributed by atoms with Crippen LogP contribution in [0.1, 0.15) is 98.3 Å². The first-order valence-electron chi connectivity index (χ1n) is 21.4. The predicted octanol–water partition coefficient (Wildman–Crippen LogP) is 3.62. The van der Waals surface area contributed by atoms with E-state index >= 15 is 0 Å². The summed E-state index contributed by atoms with van der Waals surface area (Å²) in [5.74, 6) is -0.695. The molecule has 5 aliphatic heterocycles. The zero-order valence-corrected chi connectivity index (χ0v) is 32.9. The molecular weight excluding hydrogens is 684 g/mol. The van der Waals surface area contributed by atoms with E-state index in [1.54, 1.807) is 13.0 Å². The second-order valence-electron chi connectivity index (χ2n) is 18.5. The molecule has 300 valence electrons. The summed E-state index contributed by atoms with van der Waals surface area (Å²) in [6.45, 7) is 9.47. The van der Waals surface area contributed by atoms with E-state index in [2.05, 4.69) is 30.6 Å². The number of Topliss-reactive ketones (excluding diaryl/α,β-unsaturated/α-hetero) is 1. The molecule has 0 amide bonds. The highest BCUT2D eigenvalue weighted by atomic mass is 16.6.